The second kappa shape index (κ2) is 9.89. The fourth-order valence-corrected chi connectivity index (χ4v) is 12.4. The lowest BCUT2D eigenvalue weighted by molar-refractivity contribution is 1.30. The van der Waals surface area contributed by atoms with Crippen molar-refractivity contribution in [2.24, 2.45) is 0 Å². The van der Waals surface area contributed by atoms with E-state index in [1.54, 1.807) is 5.19 Å². The molecule has 0 bridgehead atoms. The average Bonchev–Trinajstić information content (AvgIpc) is 3.60. The predicted molar refractivity (Wildman–Crippen MR) is 209 cm³/mol. The summed E-state index contributed by atoms with van der Waals surface area (Å²) in [7, 11) is -1.98. The van der Waals surface area contributed by atoms with E-state index in [1.165, 1.54) is 85.9 Å². The SMILES string of the molecule is C[Si]1(C)c2cc(N(c3ccccc3)c3cccc4c3ccc3c5ccccc5ccc43)ccc2-c2c1ccc1sc3ccccc3c21. The first-order chi connectivity index (χ1) is 23.1. The fraction of sp³-hybridized carbons (Fsp3) is 0.0455. The highest BCUT2D eigenvalue weighted by atomic mass is 32.1. The Labute approximate surface area is 279 Å². The van der Waals surface area contributed by atoms with Crippen LogP contribution in [0.5, 0.6) is 0 Å². The van der Waals surface area contributed by atoms with Gasteiger partial charge in [0.1, 0.15) is 8.07 Å². The molecule has 0 amide bonds. The van der Waals surface area contributed by atoms with E-state index >= 15 is 0 Å². The van der Waals surface area contributed by atoms with Gasteiger partial charge in [-0.1, -0.05) is 122 Å². The van der Waals surface area contributed by atoms with E-state index in [9.17, 15) is 0 Å². The summed E-state index contributed by atoms with van der Waals surface area (Å²) in [4.78, 5) is 2.47. The molecule has 10 rings (SSSR count). The molecule has 8 aromatic carbocycles. The molecule has 1 aliphatic rings. The van der Waals surface area contributed by atoms with Crippen LogP contribution >= 0.6 is 11.3 Å². The minimum atomic E-state index is -1.98. The van der Waals surface area contributed by atoms with Gasteiger partial charge in [-0.25, -0.2) is 0 Å². The van der Waals surface area contributed by atoms with E-state index in [4.69, 9.17) is 0 Å². The molecule has 1 aliphatic heterocycles. The van der Waals surface area contributed by atoms with E-state index in [2.05, 4.69) is 170 Å². The smallest absolute Gasteiger partial charge is 0.113 e. The molecule has 3 heteroatoms. The van der Waals surface area contributed by atoms with Gasteiger partial charge in [-0.15, -0.1) is 11.3 Å². The molecule has 0 atom stereocenters. The molecule has 0 aliphatic carbocycles. The summed E-state index contributed by atoms with van der Waals surface area (Å²) in [6, 6.07) is 56.6. The Morgan fingerprint density at radius 2 is 1.17 bits per heavy atom. The molecule has 0 N–H and O–H groups in total. The van der Waals surface area contributed by atoms with Gasteiger partial charge < -0.3 is 4.90 Å². The highest BCUT2D eigenvalue weighted by molar-refractivity contribution is 7.26. The Morgan fingerprint density at radius 3 is 2.06 bits per heavy atom. The summed E-state index contributed by atoms with van der Waals surface area (Å²) in [6.07, 6.45) is 0. The third-order valence-corrected chi connectivity index (χ3v) is 15.1. The van der Waals surface area contributed by atoms with E-state index in [0.717, 1.165) is 0 Å². The van der Waals surface area contributed by atoms with E-state index < -0.39 is 8.07 Å². The summed E-state index contributed by atoms with van der Waals surface area (Å²) in [5.74, 6) is 0. The van der Waals surface area contributed by atoms with Crippen LogP contribution in [0.15, 0.2) is 152 Å². The van der Waals surface area contributed by atoms with Crippen LogP contribution in [-0.2, 0) is 0 Å². The van der Waals surface area contributed by atoms with Crippen LogP contribution in [0.3, 0.4) is 0 Å². The maximum Gasteiger partial charge on any atom is 0.113 e. The van der Waals surface area contributed by atoms with Gasteiger partial charge in [0.25, 0.3) is 0 Å². The van der Waals surface area contributed by atoms with Gasteiger partial charge in [0.15, 0.2) is 0 Å². The van der Waals surface area contributed by atoms with Gasteiger partial charge in [-0.05, 0) is 90.9 Å². The normalized spacial score (nSPS) is 13.5. The Kier molecular flexibility index (Phi) is 5.67. The predicted octanol–water partition coefficient (Wildman–Crippen LogP) is 11.8. The third kappa shape index (κ3) is 3.81. The van der Waals surface area contributed by atoms with Crippen molar-refractivity contribution < 1.29 is 0 Å². The van der Waals surface area contributed by atoms with Gasteiger partial charge in [0, 0.05) is 36.9 Å². The molecular formula is C44H31NSSi. The van der Waals surface area contributed by atoms with Crippen molar-refractivity contribution in [2.45, 2.75) is 13.1 Å². The third-order valence-electron chi connectivity index (χ3n) is 10.4. The highest BCUT2D eigenvalue weighted by Crippen LogP contribution is 2.45. The molecule has 0 spiro atoms. The summed E-state index contributed by atoms with van der Waals surface area (Å²) in [5.41, 5.74) is 6.46. The summed E-state index contributed by atoms with van der Waals surface area (Å²) in [6.45, 7) is 5.06. The molecule has 0 saturated carbocycles. The summed E-state index contributed by atoms with van der Waals surface area (Å²) < 4.78 is 2.75. The number of benzene rings is 8. The number of hydrogen-bond acceptors (Lipinski definition) is 2. The Morgan fingerprint density at radius 1 is 0.468 bits per heavy atom. The Hall–Kier alpha value is -5.22. The number of para-hydroxylation sites is 1. The maximum atomic E-state index is 2.53. The molecule has 1 nitrogen and oxygen atoms in total. The Balaban J connectivity index is 1.21. The zero-order chi connectivity index (χ0) is 31.3. The molecule has 0 fully saturated rings. The lowest BCUT2D eigenvalue weighted by atomic mass is 9.96. The van der Waals surface area contributed by atoms with Crippen molar-refractivity contribution in [3.63, 3.8) is 0 Å². The van der Waals surface area contributed by atoms with Crippen LogP contribution < -0.4 is 15.3 Å². The molecular weight excluding hydrogens is 603 g/mol. The zero-order valence-corrected chi connectivity index (χ0v) is 28.1. The molecule has 0 radical (unpaired) electrons. The van der Waals surface area contributed by atoms with Crippen LogP contribution in [-0.4, -0.2) is 8.07 Å². The first kappa shape index (κ1) is 26.9. The van der Waals surface area contributed by atoms with Crippen molar-refractivity contribution in [2.75, 3.05) is 4.90 Å². The van der Waals surface area contributed by atoms with Crippen molar-refractivity contribution in [3.05, 3.63) is 152 Å². The lowest BCUT2D eigenvalue weighted by Crippen LogP contribution is -2.49. The molecule has 0 unspecified atom stereocenters. The quantitative estimate of drug-likeness (QED) is 0.138. The monoisotopic (exact) mass is 633 g/mol. The largest absolute Gasteiger partial charge is 0.310 e. The Bertz CT molecular complexity index is 2720. The number of fused-ring (bicyclic) bond motifs is 12. The molecule has 222 valence electrons. The topological polar surface area (TPSA) is 3.24 Å². The minimum absolute atomic E-state index is 1.17. The first-order valence-electron chi connectivity index (χ1n) is 16.4. The van der Waals surface area contributed by atoms with Crippen LogP contribution in [0.25, 0.3) is 63.6 Å². The second-order valence-electron chi connectivity index (χ2n) is 13.3. The van der Waals surface area contributed by atoms with Gasteiger partial charge in [0.2, 0.25) is 0 Å². The van der Waals surface area contributed by atoms with Crippen molar-refractivity contribution >= 4 is 99.3 Å². The fourth-order valence-electron chi connectivity index (χ4n) is 8.21. The summed E-state index contributed by atoms with van der Waals surface area (Å²) >= 11 is 1.91. The van der Waals surface area contributed by atoms with Crippen LogP contribution in [0.4, 0.5) is 17.1 Å². The number of nitrogens with zero attached hydrogens (tertiary/aromatic N) is 1. The highest BCUT2D eigenvalue weighted by Gasteiger charge is 2.39. The number of rotatable bonds is 3. The van der Waals surface area contributed by atoms with Crippen LogP contribution in [0.2, 0.25) is 13.1 Å². The number of thiophene rings is 1. The molecule has 0 saturated heterocycles. The maximum absolute atomic E-state index is 2.53. The van der Waals surface area contributed by atoms with Crippen molar-refractivity contribution in [1.29, 1.82) is 0 Å². The molecule has 2 heterocycles. The standard InChI is InChI=1S/C44H31NSSi/c1-47(2)41-26-25-40-43(36-15-8-9-18-39(36)46-40)44(41)37-22-20-30(27-42(37)47)45(29-12-4-3-5-13-29)38-17-10-16-32-34-21-19-28-11-6-7-14-31(28)33(34)23-24-35(32)38/h3-27H,1-2H3. The number of anilines is 3. The van der Waals surface area contributed by atoms with Gasteiger partial charge in [-0.3, -0.25) is 0 Å². The lowest BCUT2D eigenvalue weighted by Gasteiger charge is -2.29. The van der Waals surface area contributed by atoms with E-state index in [1.807, 2.05) is 11.3 Å². The van der Waals surface area contributed by atoms with Gasteiger partial charge >= 0.3 is 0 Å². The van der Waals surface area contributed by atoms with Crippen LogP contribution in [0, 0.1) is 0 Å². The first-order valence-corrected chi connectivity index (χ1v) is 20.2. The molecule has 1 aromatic heterocycles. The molecule has 47 heavy (non-hydrogen) atoms. The average molecular weight is 634 g/mol. The van der Waals surface area contributed by atoms with Gasteiger partial charge in [-0.2, -0.15) is 0 Å². The van der Waals surface area contributed by atoms with Crippen molar-refractivity contribution in [3.8, 4) is 11.1 Å². The van der Waals surface area contributed by atoms with E-state index in [0.29, 0.717) is 0 Å². The second-order valence-corrected chi connectivity index (χ2v) is 18.7. The summed E-state index contributed by atoms with van der Waals surface area (Å²) in [5, 5.41) is 13.6. The zero-order valence-electron chi connectivity index (χ0n) is 26.3. The number of hydrogen-bond donors (Lipinski definition) is 0. The molecule has 9 aromatic rings. The van der Waals surface area contributed by atoms with Crippen molar-refractivity contribution in [1.82, 2.24) is 0 Å². The van der Waals surface area contributed by atoms with E-state index in [-0.39, 0.29) is 0 Å². The van der Waals surface area contributed by atoms with Gasteiger partial charge in [0.05, 0.1) is 5.69 Å². The van der Waals surface area contributed by atoms with Crippen LogP contribution in [0.1, 0.15) is 0 Å². The minimum Gasteiger partial charge on any atom is -0.310 e.